The zero-order chi connectivity index (χ0) is 12.4. The van der Waals surface area contributed by atoms with Gasteiger partial charge in [0.2, 0.25) is 0 Å². The topological polar surface area (TPSA) is 63.9 Å². The summed E-state index contributed by atoms with van der Waals surface area (Å²) in [6.07, 6.45) is 0. The summed E-state index contributed by atoms with van der Waals surface area (Å²) in [4.78, 5) is 0. The number of aromatic amines is 1. The average Bonchev–Trinajstić information content (AvgIpc) is 2.71. The molecule has 2 rings (SSSR count). The van der Waals surface area contributed by atoms with Crippen molar-refractivity contribution in [3.8, 4) is 17.0 Å². The minimum absolute atomic E-state index is 0.329. The predicted molar refractivity (Wildman–Crippen MR) is 69.1 cm³/mol. The lowest BCUT2D eigenvalue weighted by Gasteiger charge is -2.08. The first-order chi connectivity index (χ1) is 8.13. The number of hydrogen-bond acceptors (Lipinski definition) is 3. The highest BCUT2D eigenvalue weighted by Crippen LogP contribution is 2.32. The van der Waals surface area contributed by atoms with Crippen molar-refractivity contribution in [1.29, 1.82) is 0 Å². The molecular formula is C13H17N3O. The second-order valence-electron chi connectivity index (χ2n) is 4.28. The lowest BCUT2D eigenvalue weighted by atomic mass is 9.98. The minimum Gasteiger partial charge on any atom is -0.497 e. The maximum atomic E-state index is 5.88. The molecule has 0 amide bonds. The molecule has 0 bridgehead atoms. The molecule has 0 fully saturated rings. The van der Waals surface area contributed by atoms with Gasteiger partial charge in [-0.1, -0.05) is 26.0 Å². The summed E-state index contributed by atoms with van der Waals surface area (Å²) in [6, 6.07) is 7.85. The molecule has 0 saturated heterocycles. The Labute approximate surface area is 101 Å². The van der Waals surface area contributed by atoms with Crippen molar-refractivity contribution in [2.75, 3.05) is 12.8 Å². The molecule has 0 radical (unpaired) electrons. The standard InChI is InChI=1S/C13H17N3O/c1-8(2)11-12(15-16-13(11)14)9-5-4-6-10(7-9)17-3/h4-8H,1-3H3,(H3,14,15,16). The van der Waals surface area contributed by atoms with Crippen molar-refractivity contribution >= 4 is 5.82 Å². The summed E-state index contributed by atoms with van der Waals surface area (Å²) in [5, 5.41) is 7.07. The quantitative estimate of drug-likeness (QED) is 0.853. The van der Waals surface area contributed by atoms with Gasteiger partial charge in [-0.3, -0.25) is 5.10 Å². The molecule has 0 atom stereocenters. The van der Waals surface area contributed by atoms with Crippen molar-refractivity contribution in [1.82, 2.24) is 10.2 Å². The van der Waals surface area contributed by atoms with E-state index in [0.717, 1.165) is 22.6 Å². The van der Waals surface area contributed by atoms with Gasteiger partial charge in [-0.2, -0.15) is 5.10 Å². The van der Waals surface area contributed by atoms with E-state index in [9.17, 15) is 0 Å². The first kappa shape index (κ1) is 11.5. The first-order valence-corrected chi connectivity index (χ1v) is 5.61. The maximum Gasteiger partial charge on any atom is 0.149 e. The smallest absolute Gasteiger partial charge is 0.149 e. The number of nitrogens with zero attached hydrogens (tertiary/aromatic N) is 1. The van der Waals surface area contributed by atoms with Crippen molar-refractivity contribution in [3.63, 3.8) is 0 Å². The number of H-pyrrole nitrogens is 1. The molecule has 0 aliphatic rings. The summed E-state index contributed by atoms with van der Waals surface area (Å²) in [7, 11) is 1.66. The Morgan fingerprint density at radius 1 is 1.35 bits per heavy atom. The molecule has 0 spiro atoms. The summed E-state index contributed by atoms with van der Waals surface area (Å²) in [5.41, 5.74) is 8.94. The summed E-state index contributed by atoms with van der Waals surface area (Å²) >= 11 is 0. The van der Waals surface area contributed by atoms with E-state index in [1.54, 1.807) is 7.11 Å². The van der Waals surface area contributed by atoms with Gasteiger partial charge in [-0.25, -0.2) is 0 Å². The SMILES string of the molecule is COc1cccc(-c2[nH]nc(N)c2C(C)C)c1. The third-order valence-corrected chi connectivity index (χ3v) is 2.77. The van der Waals surface area contributed by atoms with Gasteiger partial charge >= 0.3 is 0 Å². The number of nitrogen functional groups attached to an aromatic ring is 1. The molecule has 0 aliphatic carbocycles. The van der Waals surface area contributed by atoms with Crippen LogP contribution < -0.4 is 10.5 Å². The van der Waals surface area contributed by atoms with Crippen LogP contribution in [-0.2, 0) is 0 Å². The van der Waals surface area contributed by atoms with Crippen LogP contribution in [0.15, 0.2) is 24.3 Å². The third kappa shape index (κ3) is 2.11. The van der Waals surface area contributed by atoms with Crippen molar-refractivity contribution in [3.05, 3.63) is 29.8 Å². The molecule has 0 saturated carbocycles. The van der Waals surface area contributed by atoms with E-state index in [2.05, 4.69) is 24.0 Å². The molecule has 3 N–H and O–H groups in total. The van der Waals surface area contributed by atoms with Gasteiger partial charge in [0.15, 0.2) is 0 Å². The van der Waals surface area contributed by atoms with Crippen molar-refractivity contribution < 1.29 is 4.74 Å². The van der Waals surface area contributed by atoms with E-state index >= 15 is 0 Å². The van der Waals surface area contributed by atoms with E-state index < -0.39 is 0 Å². The molecule has 0 unspecified atom stereocenters. The highest BCUT2D eigenvalue weighted by atomic mass is 16.5. The molecule has 17 heavy (non-hydrogen) atoms. The van der Waals surface area contributed by atoms with Crippen LogP contribution in [0.1, 0.15) is 25.3 Å². The van der Waals surface area contributed by atoms with Gasteiger partial charge in [-0.05, 0) is 18.1 Å². The van der Waals surface area contributed by atoms with Gasteiger partial charge in [0.25, 0.3) is 0 Å². The first-order valence-electron chi connectivity index (χ1n) is 5.61. The fourth-order valence-corrected chi connectivity index (χ4v) is 1.95. The highest BCUT2D eigenvalue weighted by Gasteiger charge is 2.15. The van der Waals surface area contributed by atoms with Crippen LogP contribution in [0.5, 0.6) is 5.75 Å². The fraction of sp³-hybridized carbons (Fsp3) is 0.308. The second-order valence-corrected chi connectivity index (χ2v) is 4.28. The zero-order valence-corrected chi connectivity index (χ0v) is 10.3. The number of rotatable bonds is 3. The average molecular weight is 231 g/mol. The Kier molecular flexibility index (Phi) is 3.04. The molecule has 1 heterocycles. The van der Waals surface area contributed by atoms with Crippen LogP contribution in [0, 0.1) is 0 Å². The highest BCUT2D eigenvalue weighted by molar-refractivity contribution is 5.69. The Morgan fingerprint density at radius 3 is 2.76 bits per heavy atom. The Balaban J connectivity index is 2.52. The molecular weight excluding hydrogens is 214 g/mol. The van der Waals surface area contributed by atoms with Crippen molar-refractivity contribution in [2.24, 2.45) is 0 Å². The minimum atomic E-state index is 0.329. The van der Waals surface area contributed by atoms with Gasteiger partial charge in [0.1, 0.15) is 11.6 Å². The van der Waals surface area contributed by atoms with Crippen LogP contribution in [0.4, 0.5) is 5.82 Å². The van der Waals surface area contributed by atoms with Crippen LogP contribution in [0.2, 0.25) is 0 Å². The van der Waals surface area contributed by atoms with E-state index in [-0.39, 0.29) is 0 Å². The van der Waals surface area contributed by atoms with Crippen LogP contribution in [0.25, 0.3) is 11.3 Å². The second kappa shape index (κ2) is 4.49. The molecule has 0 aliphatic heterocycles. The van der Waals surface area contributed by atoms with Crippen LogP contribution >= 0.6 is 0 Å². The summed E-state index contributed by atoms with van der Waals surface area (Å²) in [6.45, 7) is 4.20. The van der Waals surface area contributed by atoms with E-state index in [4.69, 9.17) is 10.5 Å². The Morgan fingerprint density at radius 2 is 2.12 bits per heavy atom. The number of nitrogens with one attached hydrogen (secondary N) is 1. The van der Waals surface area contributed by atoms with E-state index in [1.807, 2.05) is 24.3 Å². The summed E-state index contributed by atoms with van der Waals surface area (Å²) < 4.78 is 5.22. The van der Waals surface area contributed by atoms with Crippen LogP contribution in [0.3, 0.4) is 0 Å². The predicted octanol–water partition coefficient (Wildman–Crippen LogP) is 2.79. The maximum absolute atomic E-state index is 5.88. The number of hydrogen-bond donors (Lipinski definition) is 2. The monoisotopic (exact) mass is 231 g/mol. The fourth-order valence-electron chi connectivity index (χ4n) is 1.95. The number of ether oxygens (including phenoxy) is 1. The number of methoxy groups -OCH3 is 1. The van der Waals surface area contributed by atoms with Gasteiger partial charge < -0.3 is 10.5 Å². The molecule has 1 aromatic carbocycles. The van der Waals surface area contributed by atoms with E-state index in [0.29, 0.717) is 11.7 Å². The number of benzene rings is 1. The Hall–Kier alpha value is -1.97. The van der Waals surface area contributed by atoms with Gasteiger partial charge in [0.05, 0.1) is 12.8 Å². The molecule has 4 heteroatoms. The zero-order valence-electron chi connectivity index (χ0n) is 10.3. The largest absolute Gasteiger partial charge is 0.497 e. The Bertz CT molecular complexity index is 517. The third-order valence-electron chi connectivity index (χ3n) is 2.77. The van der Waals surface area contributed by atoms with E-state index in [1.165, 1.54) is 0 Å². The molecule has 2 aromatic rings. The van der Waals surface area contributed by atoms with Crippen LogP contribution in [-0.4, -0.2) is 17.3 Å². The number of anilines is 1. The molecule has 4 nitrogen and oxygen atoms in total. The summed E-state index contributed by atoms with van der Waals surface area (Å²) in [5.74, 6) is 1.72. The lowest BCUT2D eigenvalue weighted by Crippen LogP contribution is -1.95. The normalized spacial score (nSPS) is 10.8. The van der Waals surface area contributed by atoms with Gasteiger partial charge in [-0.15, -0.1) is 0 Å². The molecule has 90 valence electrons. The number of nitrogens with two attached hydrogens (primary N) is 1. The van der Waals surface area contributed by atoms with Crippen molar-refractivity contribution in [2.45, 2.75) is 19.8 Å². The number of aromatic nitrogens is 2. The molecule has 1 aromatic heterocycles. The lowest BCUT2D eigenvalue weighted by molar-refractivity contribution is 0.415. The van der Waals surface area contributed by atoms with Gasteiger partial charge in [0, 0.05) is 11.1 Å².